The number of hydrogen-bond donors (Lipinski definition) is 0. The minimum Gasteiger partial charge on any atom is -0.496 e. The van der Waals surface area contributed by atoms with E-state index in [-0.39, 0.29) is 0 Å². The van der Waals surface area contributed by atoms with E-state index in [1.54, 1.807) is 13.4 Å². The number of ether oxygens (including phenoxy) is 1. The van der Waals surface area contributed by atoms with Crippen molar-refractivity contribution in [3.05, 3.63) is 53.9 Å². The van der Waals surface area contributed by atoms with Crippen molar-refractivity contribution in [1.29, 1.82) is 0 Å². The van der Waals surface area contributed by atoms with Crippen LogP contribution in [0.4, 0.5) is 0 Å². The maximum absolute atomic E-state index is 5.37. The molecule has 0 amide bonds. The smallest absolute Gasteiger partial charge is 0.126 e. The van der Waals surface area contributed by atoms with Gasteiger partial charge in [-0.25, -0.2) is 0 Å². The van der Waals surface area contributed by atoms with Gasteiger partial charge in [-0.3, -0.25) is 9.80 Å². The maximum Gasteiger partial charge on any atom is 0.126 e. The van der Waals surface area contributed by atoms with Crippen molar-refractivity contribution < 1.29 is 9.26 Å². The van der Waals surface area contributed by atoms with Crippen molar-refractivity contribution in [2.75, 3.05) is 39.8 Å². The van der Waals surface area contributed by atoms with Crippen LogP contribution in [0.25, 0.3) is 6.08 Å². The van der Waals surface area contributed by atoms with Crippen LogP contribution in [0, 0.1) is 0 Å². The molecule has 0 spiro atoms. The molecule has 0 N–H and O–H groups in total. The van der Waals surface area contributed by atoms with Crippen LogP contribution < -0.4 is 4.74 Å². The van der Waals surface area contributed by atoms with Crippen LogP contribution in [0.2, 0.25) is 0 Å². The highest BCUT2D eigenvalue weighted by Gasteiger charge is 2.16. The van der Waals surface area contributed by atoms with Gasteiger partial charge in [-0.1, -0.05) is 35.5 Å². The maximum atomic E-state index is 5.37. The lowest BCUT2D eigenvalue weighted by atomic mass is 10.2. The summed E-state index contributed by atoms with van der Waals surface area (Å²) in [6.45, 7) is 6.13. The summed E-state index contributed by atoms with van der Waals surface area (Å²) in [7, 11) is 1.71. The summed E-state index contributed by atoms with van der Waals surface area (Å²) >= 11 is 0. The molecule has 1 aromatic heterocycles. The normalized spacial score (nSPS) is 16.9. The minimum absolute atomic E-state index is 0.876. The molecule has 0 atom stereocenters. The van der Waals surface area contributed by atoms with Gasteiger partial charge in [0.25, 0.3) is 0 Å². The Morgan fingerprint density at radius 2 is 1.91 bits per heavy atom. The molecule has 1 aliphatic heterocycles. The fourth-order valence-corrected chi connectivity index (χ4v) is 2.81. The van der Waals surface area contributed by atoms with Crippen LogP contribution in [0.5, 0.6) is 5.75 Å². The van der Waals surface area contributed by atoms with Gasteiger partial charge >= 0.3 is 0 Å². The third-order valence-corrected chi connectivity index (χ3v) is 4.14. The minimum atomic E-state index is 0.876. The summed E-state index contributed by atoms with van der Waals surface area (Å²) in [5.41, 5.74) is 2.13. The van der Waals surface area contributed by atoms with Crippen LogP contribution >= 0.6 is 0 Å². The summed E-state index contributed by atoms with van der Waals surface area (Å²) in [5.74, 6) is 0.918. The van der Waals surface area contributed by atoms with Crippen molar-refractivity contribution in [3.8, 4) is 5.75 Å². The Bertz CT molecular complexity index is 617. The molecule has 1 aliphatic rings. The van der Waals surface area contributed by atoms with Gasteiger partial charge in [-0.2, -0.15) is 0 Å². The van der Waals surface area contributed by atoms with Gasteiger partial charge in [0.05, 0.1) is 12.8 Å². The molecular formula is C18H23N3O2. The predicted molar refractivity (Wildman–Crippen MR) is 90.2 cm³/mol. The van der Waals surface area contributed by atoms with Gasteiger partial charge in [0.2, 0.25) is 0 Å². The van der Waals surface area contributed by atoms with Crippen LogP contribution in [0.15, 0.2) is 47.2 Å². The molecule has 3 rings (SSSR count). The monoisotopic (exact) mass is 313 g/mol. The van der Waals surface area contributed by atoms with E-state index in [4.69, 9.17) is 9.26 Å². The van der Waals surface area contributed by atoms with Crippen molar-refractivity contribution in [2.24, 2.45) is 0 Å². The quantitative estimate of drug-likeness (QED) is 0.820. The number of para-hydroxylation sites is 1. The third kappa shape index (κ3) is 4.43. The van der Waals surface area contributed by atoms with Crippen molar-refractivity contribution in [3.63, 3.8) is 0 Å². The van der Waals surface area contributed by atoms with Gasteiger partial charge in [0.15, 0.2) is 0 Å². The molecule has 5 heteroatoms. The second kappa shape index (κ2) is 7.94. The van der Waals surface area contributed by atoms with Gasteiger partial charge in [0, 0.05) is 50.9 Å². The summed E-state index contributed by atoms with van der Waals surface area (Å²) in [5, 5.41) is 3.98. The van der Waals surface area contributed by atoms with E-state index in [1.165, 1.54) is 0 Å². The average molecular weight is 313 g/mol. The zero-order valence-electron chi connectivity index (χ0n) is 13.5. The van der Waals surface area contributed by atoms with Gasteiger partial charge in [-0.05, 0) is 6.07 Å². The lowest BCUT2D eigenvalue weighted by molar-refractivity contribution is 0.134. The average Bonchev–Trinajstić information content (AvgIpc) is 3.10. The molecule has 2 aromatic rings. The number of methoxy groups -OCH3 is 1. The molecule has 1 aromatic carbocycles. The highest BCUT2D eigenvalue weighted by atomic mass is 16.5. The van der Waals surface area contributed by atoms with E-state index in [1.807, 2.05) is 24.3 Å². The number of aromatic nitrogens is 1. The lowest BCUT2D eigenvalue weighted by Crippen LogP contribution is -2.45. The van der Waals surface area contributed by atoms with Crippen molar-refractivity contribution in [2.45, 2.75) is 6.54 Å². The van der Waals surface area contributed by atoms with Crippen molar-refractivity contribution >= 4 is 6.08 Å². The number of piperazine rings is 1. The molecule has 0 unspecified atom stereocenters. The molecule has 0 radical (unpaired) electrons. The van der Waals surface area contributed by atoms with Crippen molar-refractivity contribution in [1.82, 2.24) is 15.0 Å². The number of nitrogens with zero attached hydrogens (tertiary/aromatic N) is 3. The zero-order chi connectivity index (χ0) is 15.9. The number of rotatable bonds is 6. The number of hydrogen-bond acceptors (Lipinski definition) is 5. The first kappa shape index (κ1) is 15.8. The van der Waals surface area contributed by atoms with Crippen LogP contribution in [0.1, 0.15) is 11.3 Å². The Labute approximate surface area is 137 Å². The van der Waals surface area contributed by atoms with Gasteiger partial charge in [-0.15, -0.1) is 0 Å². The highest BCUT2D eigenvalue weighted by molar-refractivity contribution is 5.57. The summed E-state index contributed by atoms with van der Waals surface area (Å²) < 4.78 is 10.3. The molecule has 2 heterocycles. The fourth-order valence-electron chi connectivity index (χ4n) is 2.81. The SMILES string of the molecule is COc1ccccc1/C=C/CN1CCN(Cc2ccon2)CC1. The van der Waals surface area contributed by atoms with Gasteiger partial charge < -0.3 is 9.26 Å². The Kier molecular flexibility index (Phi) is 5.45. The molecule has 122 valence electrons. The molecule has 0 bridgehead atoms. The summed E-state index contributed by atoms with van der Waals surface area (Å²) in [6.07, 6.45) is 5.99. The second-order valence-electron chi connectivity index (χ2n) is 5.71. The van der Waals surface area contributed by atoms with E-state index in [2.05, 4.69) is 33.2 Å². The second-order valence-corrected chi connectivity index (χ2v) is 5.71. The van der Waals surface area contributed by atoms with E-state index in [9.17, 15) is 0 Å². The highest BCUT2D eigenvalue weighted by Crippen LogP contribution is 2.18. The lowest BCUT2D eigenvalue weighted by Gasteiger charge is -2.33. The Balaban J connectivity index is 1.44. The van der Waals surface area contributed by atoms with Gasteiger partial charge in [0.1, 0.15) is 12.0 Å². The van der Waals surface area contributed by atoms with E-state index < -0.39 is 0 Å². The largest absolute Gasteiger partial charge is 0.496 e. The van der Waals surface area contributed by atoms with Crippen LogP contribution in [-0.2, 0) is 6.54 Å². The Morgan fingerprint density at radius 3 is 2.65 bits per heavy atom. The standard InChI is InChI=1S/C18H23N3O2/c1-22-18-7-3-2-5-16(18)6-4-9-20-10-12-21(13-11-20)15-17-8-14-23-19-17/h2-8,14H,9-13,15H2,1H3/b6-4+. The third-order valence-electron chi connectivity index (χ3n) is 4.14. The first-order chi connectivity index (χ1) is 11.3. The molecular weight excluding hydrogens is 290 g/mol. The summed E-state index contributed by atoms with van der Waals surface area (Å²) in [4.78, 5) is 4.88. The zero-order valence-corrected chi connectivity index (χ0v) is 13.5. The van der Waals surface area contributed by atoms with E-state index in [0.717, 1.165) is 56.3 Å². The molecule has 1 fully saturated rings. The topological polar surface area (TPSA) is 41.7 Å². The molecule has 0 aliphatic carbocycles. The summed E-state index contributed by atoms with van der Waals surface area (Å²) in [6, 6.07) is 10.0. The van der Waals surface area contributed by atoms with Crippen LogP contribution in [-0.4, -0.2) is 54.8 Å². The Morgan fingerprint density at radius 1 is 1.13 bits per heavy atom. The van der Waals surface area contributed by atoms with Crippen LogP contribution in [0.3, 0.4) is 0 Å². The molecule has 0 saturated carbocycles. The van der Waals surface area contributed by atoms with E-state index >= 15 is 0 Å². The van der Waals surface area contributed by atoms with E-state index in [0.29, 0.717) is 0 Å². The fraction of sp³-hybridized carbons (Fsp3) is 0.389. The first-order valence-corrected chi connectivity index (χ1v) is 7.98. The molecule has 23 heavy (non-hydrogen) atoms. The molecule has 1 saturated heterocycles. The predicted octanol–water partition coefficient (Wildman–Crippen LogP) is 2.51. The molecule has 5 nitrogen and oxygen atoms in total. The Hall–Kier alpha value is -2.11. The first-order valence-electron chi connectivity index (χ1n) is 7.98. The number of benzene rings is 1.